The van der Waals surface area contributed by atoms with Crippen LogP contribution in [0.5, 0.6) is 11.5 Å². The van der Waals surface area contributed by atoms with Crippen molar-refractivity contribution in [3.8, 4) is 22.6 Å². The third kappa shape index (κ3) is 4.93. The molecule has 1 amide bonds. The number of rotatable bonds is 7. The Hall–Kier alpha value is -4.15. The van der Waals surface area contributed by atoms with Gasteiger partial charge in [0, 0.05) is 30.3 Å². The molecule has 2 N–H and O–H groups in total. The number of pyridine rings is 1. The van der Waals surface area contributed by atoms with E-state index in [-0.39, 0.29) is 55.6 Å². The van der Waals surface area contributed by atoms with Crippen LogP contribution in [0.25, 0.3) is 22.2 Å². The van der Waals surface area contributed by atoms with Crippen molar-refractivity contribution < 1.29 is 18.7 Å². The standard InChI is InChI=1S/C25H20Cl2FN5O4/c1-5-19(34)30-15-7-6-13(28)9-16(15)31-25-29-11-12-8-14(24(35)33(2)23(12)32-25)20-21(26)17(36-3)10-18(37-4)22(20)27/h5-11H,1H2,2-4H3,(H,30,34)(H,29,31,32). The molecule has 9 nitrogen and oxygen atoms in total. The number of anilines is 3. The average molecular weight is 544 g/mol. The highest BCUT2D eigenvalue weighted by atomic mass is 35.5. The predicted octanol–water partition coefficient (Wildman–Crippen LogP) is 5.33. The summed E-state index contributed by atoms with van der Waals surface area (Å²) in [7, 11) is 4.40. The molecule has 0 aliphatic rings. The molecule has 0 bridgehead atoms. The van der Waals surface area contributed by atoms with Gasteiger partial charge in [-0.05, 0) is 30.3 Å². The molecule has 0 spiro atoms. The van der Waals surface area contributed by atoms with Gasteiger partial charge < -0.3 is 20.1 Å². The van der Waals surface area contributed by atoms with Crippen molar-refractivity contribution in [2.75, 3.05) is 24.9 Å². The lowest BCUT2D eigenvalue weighted by molar-refractivity contribution is -0.111. The number of nitrogens with zero attached hydrogens (tertiary/aromatic N) is 3. The summed E-state index contributed by atoms with van der Waals surface area (Å²) in [6.45, 7) is 3.41. The van der Waals surface area contributed by atoms with Gasteiger partial charge in [-0.25, -0.2) is 9.37 Å². The Balaban J connectivity index is 1.83. The predicted molar refractivity (Wildman–Crippen MR) is 142 cm³/mol. The first-order chi connectivity index (χ1) is 17.7. The molecule has 0 aliphatic carbocycles. The summed E-state index contributed by atoms with van der Waals surface area (Å²) >= 11 is 13.0. The van der Waals surface area contributed by atoms with Crippen LogP contribution in [-0.4, -0.2) is 34.7 Å². The minimum atomic E-state index is -0.542. The zero-order valence-electron chi connectivity index (χ0n) is 19.9. The summed E-state index contributed by atoms with van der Waals surface area (Å²) in [5, 5.41) is 6.23. The molecule has 0 aliphatic heterocycles. The lowest BCUT2D eigenvalue weighted by atomic mass is 10.0. The molecule has 2 aromatic carbocycles. The molecule has 2 heterocycles. The van der Waals surface area contributed by atoms with E-state index in [1.165, 1.54) is 56.3 Å². The van der Waals surface area contributed by atoms with Gasteiger partial charge in [-0.2, -0.15) is 4.98 Å². The average Bonchev–Trinajstić information content (AvgIpc) is 2.89. The Morgan fingerprint density at radius 1 is 1.11 bits per heavy atom. The molecular formula is C25H20Cl2FN5O4. The molecule has 0 saturated heterocycles. The number of ether oxygens (including phenoxy) is 2. The van der Waals surface area contributed by atoms with Crippen molar-refractivity contribution in [3.63, 3.8) is 0 Å². The number of fused-ring (bicyclic) bond motifs is 1. The second-order valence-corrected chi connectivity index (χ2v) is 8.44. The van der Waals surface area contributed by atoms with Gasteiger partial charge in [0.15, 0.2) is 0 Å². The van der Waals surface area contributed by atoms with E-state index in [0.717, 1.165) is 6.08 Å². The smallest absolute Gasteiger partial charge is 0.259 e. The van der Waals surface area contributed by atoms with Crippen LogP contribution in [-0.2, 0) is 11.8 Å². The minimum Gasteiger partial charge on any atom is -0.495 e. The van der Waals surface area contributed by atoms with Gasteiger partial charge in [-0.1, -0.05) is 29.8 Å². The van der Waals surface area contributed by atoms with E-state index in [9.17, 15) is 14.0 Å². The SMILES string of the molecule is C=CC(=O)Nc1ccc(F)cc1Nc1ncc2cc(-c3c(Cl)c(OC)cc(OC)c3Cl)c(=O)n(C)c2n1. The highest BCUT2D eigenvalue weighted by Crippen LogP contribution is 2.45. The number of aromatic nitrogens is 3. The normalized spacial score (nSPS) is 10.8. The zero-order valence-corrected chi connectivity index (χ0v) is 21.4. The topological polar surface area (TPSA) is 107 Å². The fraction of sp³-hybridized carbons (Fsp3) is 0.120. The number of halogens is 3. The van der Waals surface area contributed by atoms with Crippen molar-refractivity contribution >= 4 is 57.5 Å². The number of hydrogen-bond acceptors (Lipinski definition) is 7. The Morgan fingerprint density at radius 2 is 1.78 bits per heavy atom. The first-order valence-electron chi connectivity index (χ1n) is 10.7. The largest absolute Gasteiger partial charge is 0.495 e. The van der Waals surface area contributed by atoms with Crippen LogP contribution in [0, 0.1) is 5.82 Å². The number of benzene rings is 2. The molecular weight excluding hydrogens is 524 g/mol. The van der Waals surface area contributed by atoms with E-state index in [0.29, 0.717) is 5.39 Å². The van der Waals surface area contributed by atoms with Crippen molar-refractivity contribution in [2.24, 2.45) is 7.05 Å². The van der Waals surface area contributed by atoms with Crippen LogP contribution in [0.4, 0.5) is 21.7 Å². The molecule has 0 saturated carbocycles. The van der Waals surface area contributed by atoms with E-state index in [2.05, 4.69) is 27.2 Å². The number of carbonyl (C=O) groups is 1. The highest BCUT2D eigenvalue weighted by Gasteiger charge is 2.22. The highest BCUT2D eigenvalue weighted by molar-refractivity contribution is 6.41. The van der Waals surface area contributed by atoms with E-state index in [1.54, 1.807) is 6.07 Å². The maximum atomic E-state index is 13.9. The van der Waals surface area contributed by atoms with E-state index in [1.807, 2.05) is 0 Å². The quantitative estimate of drug-likeness (QED) is 0.303. The van der Waals surface area contributed by atoms with E-state index >= 15 is 0 Å². The van der Waals surface area contributed by atoms with Crippen molar-refractivity contribution in [1.29, 1.82) is 0 Å². The molecule has 0 unspecified atom stereocenters. The lowest BCUT2D eigenvalue weighted by Gasteiger charge is -2.16. The van der Waals surface area contributed by atoms with Crippen molar-refractivity contribution in [1.82, 2.24) is 14.5 Å². The third-order valence-electron chi connectivity index (χ3n) is 5.46. The number of methoxy groups -OCH3 is 2. The molecule has 0 atom stereocenters. The molecule has 0 radical (unpaired) electrons. The summed E-state index contributed by atoms with van der Waals surface area (Å²) < 4.78 is 25.9. The lowest BCUT2D eigenvalue weighted by Crippen LogP contribution is -2.20. The second-order valence-electron chi connectivity index (χ2n) is 7.69. The molecule has 4 rings (SSSR count). The Morgan fingerprint density at radius 3 is 2.41 bits per heavy atom. The molecule has 4 aromatic rings. The third-order valence-corrected chi connectivity index (χ3v) is 6.21. The van der Waals surface area contributed by atoms with Gasteiger partial charge in [0.25, 0.3) is 5.56 Å². The van der Waals surface area contributed by atoms with Gasteiger partial charge in [0.2, 0.25) is 11.9 Å². The summed E-state index contributed by atoms with van der Waals surface area (Å²) in [4.78, 5) is 33.8. The van der Waals surface area contributed by atoms with Gasteiger partial charge in [0.05, 0.1) is 41.2 Å². The molecule has 0 fully saturated rings. The summed E-state index contributed by atoms with van der Waals surface area (Å²) in [6, 6.07) is 6.84. The number of carbonyl (C=O) groups excluding carboxylic acids is 1. The number of aryl methyl sites for hydroxylation is 1. The van der Waals surface area contributed by atoms with Crippen LogP contribution in [0.15, 0.2) is 54.0 Å². The van der Waals surface area contributed by atoms with Gasteiger partial charge in [-0.15, -0.1) is 0 Å². The summed E-state index contributed by atoms with van der Waals surface area (Å²) in [6.07, 6.45) is 2.57. The fourth-order valence-electron chi connectivity index (χ4n) is 3.64. The minimum absolute atomic E-state index is 0.0640. The number of amides is 1. The second kappa shape index (κ2) is 10.5. The number of nitrogens with one attached hydrogen (secondary N) is 2. The van der Waals surface area contributed by atoms with E-state index < -0.39 is 17.3 Å². The van der Waals surface area contributed by atoms with Crippen LogP contribution >= 0.6 is 23.2 Å². The fourth-order valence-corrected chi connectivity index (χ4v) is 4.35. The monoisotopic (exact) mass is 543 g/mol. The van der Waals surface area contributed by atoms with Crippen LogP contribution in [0.1, 0.15) is 0 Å². The summed E-state index contributed by atoms with van der Waals surface area (Å²) in [5.41, 5.74) is 0.758. The maximum Gasteiger partial charge on any atom is 0.259 e. The number of hydrogen-bond donors (Lipinski definition) is 2. The van der Waals surface area contributed by atoms with Gasteiger partial charge in [0.1, 0.15) is 23.0 Å². The summed E-state index contributed by atoms with van der Waals surface area (Å²) in [5.74, 6) is -0.389. The van der Waals surface area contributed by atoms with E-state index in [4.69, 9.17) is 32.7 Å². The maximum absolute atomic E-state index is 13.9. The first-order valence-corrected chi connectivity index (χ1v) is 11.4. The van der Waals surface area contributed by atoms with Crippen molar-refractivity contribution in [3.05, 3.63) is 75.4 Å². The zero-order chi connectivity index (χ0) is 26.9. The Bertz CT molecular complexity index is 1600. The molecule has 12 heteroatoms. The first kappa shape index (κ1) is 25.9. The van der Waals surface area contributed by atoms with Crippen LogP contribution in [0.2, 0.25) is 10.0 Å². The Labute approximate surface area is 220 Å². The van der Waals surface area contributed by atoms with Crippen LogP contribution in [0.3, 0.4) is 0 Å². The van der Waals surface area contributed by atoms with Crippen LogP contribution < -0.4 is 25.7 Å². The van der Waals surface area contributed by atoms with Gasteiger partial charge in [-0.3, -0.25) is 14.2 Å². The van der Waals surface area contributed by atoms with Crippen molar-refractivity contribution in [2.45, 2.75) is 0 Å². The molecule has 2 aromatic heterocycles. The molecule has 37 heavy (non-hydrogen) atoms. The Kier molecular flexibility index (Phi) is 7.33. The van der Waals surface area contributed by atoms with Gasteiger partial charge >= 0.3 is 0 Å². The molecule has 190 valence electrons.